The molecule has 1 aliphatic rings. The van der Waals surface area contributed by atoms with Crippen molar-refractivity contribution in [2.45, 2.75) is 32.3 Å². The molecular weight excluding hydrogens is 302 g/mol. The molecule has 0 bridgehead atoms. The molecule has 0 aromatic heterocycles. The summed E-state index contributed by atoms with van der Waals surface area (Å²) in [6, 6.07) is 15.1. The number of amides is 1. The Bertz CT molecular complexity index is 706. The number of para-hydroxylation sites is 1. The fourth-order valence-corrected chi connectivity index (χ4v) is 3.04. The molecule has 4 nitrogen and oxygen atoms in total. The van der Waals surface area contributed by atoms with Crippen LogP contribution >= 0.6 is 0 Å². The summed E-state index contributed by atoms with van der Waals surface area (Å²) >= 11 is 0. The van der Waals surface area contributed by atoms with Crippen LogP contribution < -0.4 is 4.74 Å². The van der Waals surface area contributed by atoms with Crippen LogP contribution in [0.1, 0.15) is 24.0 Å². The van der Waals surface area contributed by atoms with Crippen LogP contribution in [0.15, 0.2) is 48.5 Å². The SMILES string of the molecule is Cc1cccc(OC2CCN(C(=O)Cc3ccccc3O)CC2)c1. The van der Waals surface area contributed by atoms with E-state index in [0.29, 0.717) is 18.7 Å². The molecule has 1 N–H and O–H groups in total. The third-order valence-electron chi connectivity index (χ3n) is 4.42. The Morgan fingerprint density at radius 2 is 1.92 bits per heavy atom. The third kappa shape index (κ3) is 4.07. The number of carbonyl (C=O) groups is 1. The van der Waals surface area contributed by atoms with Crippen molar-refractivity contribution in [1.29, 1.82) is 0 Å². The molecule has 0 atom stereocenters. The number of benzene rings is 2. The average Bonchev–Trinajstić information content (AvgIpc) is 2.57. The number of likely N-dealkylation sites (tertiary alicyclic amines) is 1. The summed E-state index contributed by atoms with van der Waals surface area (Å²) in [5, 5.41) is 9.80. The van der Waals surface area contributed by atoms with Gasteiger partial charge in [-0.25, -0.2) is 0 Å². The number of phenolic OH excluding ortho intramolecular Hbond substituents is 1. The van der Waals surface area contributed by atoms with Crippen LogP contribution in [-0.4, -0.2) is 35.1 Å². The monoisotopic (exact) mass is 325 g/mol. The predicted molar refractivity (Wildman–Crippen MR) is 93.2 cm³/mol. The average molecular weight is 325 g/mol. The molecule has 126 valence electrons. The second-order valence-electron chi connectivity index (χ2n) is 6.32. The van der Waals surface area contributed by atoms with E-state index in [0.717, 1.165) is 18.6 Å². The minimum atomic E-state index is 0.0607. The zero-order chi connectivity index (χ0) is 16.9. The molecule has 4 heteroatoms. The van der Waals surface area contributed by atoms with Crippen molar-refractivity contribution in [3.05, 3.63) is 59.7 Å². The van der Waals surface area contributed by atoms with Gasteiger partial charge in [-0.3, -0.25) is 4.79 Å². The molecule has 2 aromatic rings. The van der Waals surface area contributed by atoms with Gasteiger partial charge in [0, 0.05) is 31.5 Å². The second-order valence-corrected chi connectivity index (χ2v) is 6.32. The highest BCUT2D eigenvalue weighted by Gasteiger charge is 2.24. The maximum Gasteiger partial charge on any atom is 0.227 e. The Labute approximate surface area is 142 Å². The number of nitrogens with zero attached hydrogens (tertiary/aromatic N) is 1. The van der Waals surface area contributed by atoms with Gasteiger partial charge in [0.2, 0.25) is 5.91 Å². The van der Waals surface area contributed by atoms with Crippen LogP contribution in [0, 0.1) is 6.92 Å². The van der Waals surface area contributed by atoms with E-state index < -0.39 is 0 Å². The van der Waals surface area contributed by atoms with Crippen molar-refractivity contribution >= 4 is 5.91 Å². The number of rotatable bonds is 4. The van der Waals surface area contributed by atoms with Gasteiger partial charge in [-0.05, 0) is 30.7 Å². The summed E-state index contributed by atoms with van der Waals surface area (Å²) in [4.78, 5) is 14.3. The molecular formula is C20H23NO3. The van der Waals surface area contributed by atoms with Gasteiger partial charge in [0.05, 0.1) is 6.42 Å². The Hall–Kier alpha value is -2.49. The van der Waals surface area contributed by atoms with E-state index in [-0.39, 0.29) is 24.2 Å². The summed E-state index contributed by atoms with van der Waals surface area (Å²) in [5.41, 5.74) is 1.86. The first-order valence-corrected chi connectivity index (χ1v) is 8.40. The number of ether oxygens (including phenoxy) is 1. The van der Waals surface area contributed by atoms with Crippen LogP contribution in [0.5, 0.6) is 11.5 Å². The molecule has 1 amide bonds. The minimum absolute atomic E-state index is 0.0607. The molecule has 24 heavy (non-hydrogen) atoms. The highest BCUT2D eigenvalue weighted by molar-refractivity contribution is 5.79. The van der Waals surface area contributed by atoms with Crippen molar-refractivity contribution in [3.63, 3.8) is 0 Å². The molecule has 1 heterocycles. The molecule has 0 saturated carbocycles. The van der Waals surface area contributed by atoms with Gasteiger partial charge in [0.15, 0.2) is 0 Å². The van der Waals surface area contributed by atoms with E-state index in [1.54, 1.807) is 18.2 Å². The van der Waals surface area contributed by atoms with E-state index in [4.69, 9.17) is 4.74 Å². The molecule has 1 saturated heterocycles. The van der Waals surface area contributed by atoms with Gasteiger partial charge in [0.1, 0.15) is 17.6 Å². The highest BCUT2D eigenvalue weighted by Crippen LogP contribution is 2.22. The van der Waals surface area contributed by atoms with Crippen molar-refractivity contribution < 1.29 is 14.6 Å². The lowest BCUT2D eigenvalue weighted by molar-refractivity contribution is -0.132. The van der Waals surface area contributed by atoms with E-state index in [9.17, 15) is 9.90 Å². The molecule has 2 aromatic carbocycles. The summed E-state index contributed by atoms with van der Waals surface area (Å²) in [7, 11) is 0. The fourth-order valence-electron chi connectivity index (χ4n) is 3.04. The maximum absolute atomic E-state index is 12.4. The zero-order valence-corrected chi connectivity index (χ0v) is 13.9. The molecule has 3 rings (SSSR count). The van der Waals surface area contributed by atoms with Crippen molar-refractivity contribution in [1.82, 2.24) is 4.90 Å². The first-order chi connectivity index (χ1) is 11.6. The molecule has 1 fully saturated rings. The van der Waals surface area contributed by atoms with Gasteiger partial charge < -0.3 is 14.7 Å². The lowest BCUT2D eigenvalue weighted by atomic mass is 10.1. The largest absolute Gasteiger partial charge is 0.508 e. The van der Waals surface area contributed by atoms with E-state index in [1.165, 1.54) is 5.56 Å². The highest BCUT2D eigenvalue weighted by atomic mass is 16.5. The molecule has 0 radical (unpaired) electrons. The number of carbonyl (C=O) groups excluding carboxylic acids is 1. The number of hydrogen-bond acceptors (Lipinski definition) is 3. The van der Waals surface area contributed by atoms with Crippen LogP contribution in [0.25, 0.3) is 0 Å². The summed E-state index contributed by atoms with van der Waals surface area (Å²) in [5.74, 6) is 1.14. The third-order valence-corrected chi connectivity index (χ3v) is 4.42. The molecule has 0 aliphatic carbocycles. The number of phenols is 1. The van der Waals surface area contributed by atoms with Gasteiger partial charge in [-0.1, -0.05) is 30.3 Å². The van der Waals surface area contributed by atoms with Crippen LogP contribution in [-0.2, 0) is 11.2 Å². The predicted octanol–water partition coefficient (Wildman–Crippen LogP) is 3.31. The summed E-state index contributed by atoms with van der Waals surface area (Å²) in [6.45, 7) is 3.44. The fraction of sp³-hybridized carbons (Fsp3) is 0.350. The zero-order valence-electron chi connectivity index (χ0n) is 13.9. The Morgan fingerprint density at radius 1 is 1.17 bits per heavy atom. The topological polar surface area (TPSA) is 49.8 Å². The molecule has 0 unspecified atom stereocenters. The van der Waals surface area contributed by atoms with Crippen LogP contribution in [0.3, 0.4) is 0 Å². The summed E-state index contributed by atoms with van der Waals surface area (Å²) in [6.07, 6.45) is 2.07. The maximum atomic E-state index is 12.4. The molecule has 1 aliphatic heterocycles. The van der Waals surface area contributed by atoms with Crippen molar-refractivity contribution in [3.8, 4) is 11.5 Å². The van der Waals surface area contributed by atoms with Gasteiger partial charge in [0.25, 0.3) is 0 Å². The van der Waals surface area contributed by atoms with E-state index >= 15 is 0 Å². The minimum Gasteiger partial charge on any atom is -0.508 e. The Morgan fingerprint density at radius 3 is 2.62 bits per heavy atom. The Balaban J connectivity index is 1.51. The van der Waals surface area contributed by atoms with Crippen LogP contribution in [0.2, 0.25) is 0 Å². The van der Waals surface area contributed by atoms with Gasteiger partial charge >= 0.3 is 0 Å². The number of piperidine rings is 1. The summed E-state index contributed by atoms with van der Waals surface area (Å²) < 4.78 is 6.02. The second kappa shape index (κ2) is 7.39. The number of aromatic hydroxyl groups is 1. The normalized spacial score (nSPS) is 15.3. The lowest BCUT2D eigenvalue weighted by Crippen LogP contribution is -2.42. The number of aryl methyl sites for hydroxylation is 1. The van der Waals surface area contributed by atoms with Crippen LogP contribution in [0.4, 0.5) is 0 Å². The standard InChI is InChI=1S/C20H23NO3/c1-15-5-4-7-18(13-15)24-17-9-11-21(12-10-17)20(23)14-16-6-2-3-8-19(16)22/h2-8,13,17,22H,9-12,14H2,1H3. The first kappa shape index (κ1) is 16.4. The molecule has 0 spiro atoms. The quantitative estimate of drug-likeness (QED) is 0.938. The van der Waals surface area contributed by atoms with Gasteiger partial charge in [-0.2, -0.15) is 0 Å². The Kier molecular flexibility index (Phi) is 5.04. The van der Waals surface area contributed by atoms with E-state index in [2.05, 4.69) is 0 Å². The van der Waals surface area contributed by atoms with Gasteiger partial charge in [-0.15, -0.1) is 0 Å². The number of hydrogen-bond donors (Lipinski definition) is 1. The van der Waals surface area contributed by atoms with Crippen molar-refractivity contribution in [2.75, 3.05) is 13.1 Å². The van der Waals surface area contributed by atoms with Crippen molar-refractivity contribution in [2.24, 2.45) is 0 Å². The smallest absolute Gasteiger partial charge is 0.227 e. The van der Waals surface area contributed by atoms with E-state index in [1.807, 2.05) is 42.2 Å². The first-order valence-electron chi connectivity index (χ1n) is 8.40. The lowest BCUT2D eigenvalue weighted by Gasteiger charge is -2.32.